The van der Waals surface area contributed by atoms with Gasteiger partial charge in [0, 0.05) is 0 Å². The Kier molecular flexibility index (Phi) is 3.55. The predicted molar refractivity (Wildman–Crippen MR) is 72.1 cm³/mol. The molecular formula is C14H11ClN4. The van der Waals surface area contributed by atoms with Crippen LogP contribution in [0.1, 0.15) is 36.6 Å². The lowest BCUT2D eigenvalue weighted by Gasteiger charge is -2.02. The summed E-state index contributed by atoms with van der Waals surface area (Å²) < 4.78 is 1.52. The topological polar surface area (TPSA) is 65.4 Å². The summed E-state index contributed by atoms with van der Waals surface area (Å²) in [6.07, 6.45) is 0. The molecule has 2 rings (SSSR count). The molecule has 0 unspecified atom stereocenters. The van der Waals surface area contributed by atoms with E-state index >= 15 is 0 Å². The van der Waals surface area contributed by atoms with Gasteiger partial charge >= 0.3 is 0 Å². The van der Waals surface area contributed by atoms with E-state index in [-0.39, 0.29) is 5.92 Å². The van der Waals surface area contributed by atoms with Gasteiger partial charge in [-0.1, -0.05) is 25.4 Å². The molecule has 1 aromatic carbocycles. The average Bonchev–Trinajstić information content (AvgIpc) is 2.76. The largest absolute Gasteiger partial charge is 0.221 e. The van der Waals surface area contributed by atoms with Crippen LogP contribution in [0.2, 0.25) is 5.15 Å². The number of hydrogen-bond acceptors (Lipinski definition) is 3. The van der Waals surface area contributed by atoms with Gasteiger partial charge in [-0.05, 0) is 30.2 Å². The Morgan fingerprint density at radius 2 is 1.79 bits per heavy atom. The summed E-state index contributed by atoms with van der Waals surface area (Å²) >= 11 is 6.19. The van der Waals surface area contributed by atoms with E-state index in [1.165, 1.54) is 4.68 Å². The number of benzene rings is 1. The van der Waals surface area contributed by atoms with E-state index in [1.54, 1.807) is 24.3 Å². The SMILES string of the molecule is CC(C)c1nn(-c2ccc(C#N)cc2)c(Cl)c1C#N. The first kappa shape index (κ1) is 13.1. The molecule has 0 atom stereocenters. The van der Waals surface area contributed by atoms with Crippen LogP contribution in [-0.4, -0.2) is 9.78 Å². The second-order valence-corrected chi connectivity index (χ2v) is 4.75. The number of halogens is 1. The number of aromatic nitrogens is 2. The van der Waals surface area contributed by atoms with Gasteiger partial charge in [0.15, 0.2) is 5.15 Å². The number of hydrogen-bond donors (Lipinski definition) is 0. The monoisotopic (exact) mass is 270 g/mol. The highest BCUT2D eigenvalue weighted by Crippen LogP contribution is 2.27. The molecule has 1 heterocycles. The number of nitrogens with zero attached hydrogens (tertiary/aromatic N) is 4. The van der Waals surface area contributed by atoms with Crippen molar-refractivity contribution in [1.82, 2.24) is 9.78 Å². The van der Waals surface area contributed by atoms with E-state index in [9.17, 15) is 0 Å². The Labute approximate surface area is 116 Å². The van der Waals surface area contributed by atoms with Gasteiger partial charge in [0.2, 0.25) is 0 Å². The quantitative estimate of drug-likeness (QED) is 0.840. The standard InChI is InChI=1S/C14H11ClN4/c1-9(2)13-12(8-17)14(15)19(18-13)11-5-3-10(7-16)4-6-11/h3-6,9H,1-2H3. The summed E-state index contributed by atoms with van der Waals surface area (Å²) in [6, 6.07) is 11.0. The van der Waals surface area contributed by atoms with Crippen molar-refractivity contribution in [3.63, 3.8) is 0 Å². The molecule has 0 saturated carbocycles. The third-order valence-electron chi connectivity index (χ3n) is 2.76. The number of nitriles is 2. The van der Waals surface area contributed by atoms with Gasteiger partial charge in [-0.25, -0.2) is 4.68 Å². The van der Waals surface area contributed by atoms with Gasteiger partial charge in [-0.2, -0.15) is 15.6 Å². The lowest BCUT2D eigenvalue weighted by atomic mass is 10.1. The van der Waals surface area contributed by atoms with Gasteiger partial charge in [0.25, 0.3) is 0 Å². The molecular weight excluding hydrogens is 260 g/mol. The average molecular weight is 271 g/mol. The van der Waals surface area contributed by atoms with E-state index < -0.39 is 0 Å². The fraction of sp³-hybridized carbons (Fsp3) is 0.214. The molecule has 19 heavy (non-hydrogen) atoms. The third kappa shape index (κ3) is 2.31. The van der Waals surface area contributed by atoms with Crippen LogP contribution in [0.25, 0.3) is 5.69 Å². The maximum absolute atomic E-state index is 9.16. The van der Waals surface area contributed by atoms with Crippen molar-refractivity contribution in [2.24, 2.45) is 0 Å². The molecule has 0 amide bonds. The van der Waals surface area contributed by atoms with Crippen LogP contribution in [0, 0.1) is 22.7 Å². The van der Waals surface area contributed by atoms with Crippen LogP contribution < -0.4 is 0 Å². The van der Waals surface area contributed by atoms with Crippen molar-refractivity contribution in [1.29, 1.82) is 10.5 Å². The molecule has 5 heteroatoms. The maximum Gasteiger partial charge on any atom is 0.150 e. The normalized spacial score (nSPS) is 10.2. The van der Waals surface area contributed by atoms with E-state index in [0.29, 0.717) is 22.0 Å². The summed E-state index contributed by atoms with van der Waals surface area (Å²) in [4.78, 5) is 0. The van der Waals surface area contributed by atoms with Crippen LogP contribution in [0.15, 0.2) is 24.3 Å². The first-order chi connectivity index (χ1) is 9.08. The Hall–Kier alpha value is -2.30. The number of rotatable bonds is 2. The van der Waals surface area contributed by atoms with Crippen LogP contribution in [0.4, 0.5) is 0 Å². The van der Waals surface area contributed by atoms with Crippen molar-refractivity contribution in [2.45, 2.75) is 19.8 Å². The molecule has 4 nitrogen and oxygen atoms in total. The molecule has 0 N–H and O–H groups in total. The van der Waals surface area contributed by atoms with Gasteiger partial charge in [-0.15, -0.1) is 0 Å². The molecule has 0 fully saturated rings. The fourth-order valence-corrected chi connectivity index (χ4v) is 2.04. The molecule has 2 aromatic rings. The smallest absolute Gasteiger partial charge is 0.150 e. The highest BCUT2D eigenvalue weighted by atomic mass is 35.5. The molecule has 0 aliphatic carbocycles. The molecule has 1 aromatic heterocycles. The Bertz CT molecular complexity index is 684. The minimum absolute atomic E-state index is 0.117. The highest BCUT2D eigenvalue weighted by Gasteiger charge is 2.19. The van der Waals surface area contributed by atoms with E-state index in [2.05, 4.69) is 17.2 Å². The van der Waals surface area contributed by atoms with Gasteiger partial charge < -0.3 is 0 Å². The lowest BCUT2D eigenvalue weighted by molar-refractivity contribution is 0.767. The minimum atomic E-state index is 0.117. The minimum Gasteiger partial charge on any atom is -0.221 e. The molecule has 0 bridgehead atoms. The van der Waals surface area contributed by atoms with Crippen molar-refractivity contribution in [3.05, 3.63) is 46.2 Å². The molecule has 0 aliphatic heterocycles. The molecule has 94 valence electrons. The second-order valence-electron chi connectivity index (χ2n) is 4.39. The molecule has 0 spiro atoms. The van der Waals surface area contributed by atoms with Crippen LogP contribution in [0.3, 0.4) is 0 Å². The Balaban J connectivity index is 2.57. The summed E-state index contributed by atoms with van der Waals surface area (Å²) in [5.74, 6) is 0.117. The Morgan fingerprint density at radius 3 is 2.21 bits per heavy atom. The maximum atomic E-state index is 9.16. The van der Waals surface area contributed by atoms with Crippen LogP contribution >= 0.6 is 11.6 Å². The Morgan fingerprint density at radius 1 is 1.16 bits per heavy atom. The molecule has 0 saturated heterocycles. The first-order valence-corrected chi connectivity index (χ1v) is 6.15. The summed E-state index contributed by atoms with van der Waals surface area (Å²) in [6.45, 7) is 3.92. The predicted octanol–water partition coefficient (Wildman–Crippen LogP) is 3.39. The van der Waals surface area contributed by atoms with E-state index in [1.807, 2.05) is 13.8 Å². The van der Waals surface area contributed by atoms with Crippen molar-refractivity contribution in [3.8, 4) is 17.8 Å². The van der Waals surface area contributed by atoms with E-state index in [0.717, 1.165) is 5.69 Å². The third-order valence-corrected chi connectivity index (χ3v) is 3.10. The van der Waals surface area contributed by atoms with Crippen LogP contribution in [0.5, 0.6) is 0 Å². The molecule has 0 aliphatic rings. The lowest BCUT2D eigenvalue weighted by Crippen LogP contribution is -1.98. The molecule has 0 radical (unpaired) electrons. The summed E-state index contributed by atoms with van der Waals surface area (Å²) in [7, 11) is 0. The van der Waals surface area contributed by atoms with E-state index in [4.69, 9.17) is 22.1 Å². The van der Waals surface area contributed by atoms with Crippen LogP contribution in [-0.2, 0) is 0 Å². The fourth-order valence-electron chi connectivity index (χ4n) is 1.77. The van der Waals surface area contributed by atoms with Crippen molar-refractivity contribution in [2.75, 3.05) is 0 Å². The zero-order valence-electron chi connectivity index (χ0n) is 10.6. The van der Waals surface area contributed by atoms with Gasteiger partial charge in [-0.3, -0.25) is 0 Å². The zero-order chi connectivity index (χ0) is 14.0. The van der Waals surface area contributed by atoms with Gasteiger partial charge in [0.1, 0.15) is 11.6 Å². The van der Waals surface area contributed by atoms with Crippen molar-refractivity contribution >= 4 is 11.6 Å². The van der Waals surface area contributed by atoms with Crippen molar-refractivity contribution < 1.29 is 0 Å². The summed E-state index contributed by atoms with van der Waals surface area (Å²) in [5.41, 5.74) is 2.38. The highest BCUT2D eigenvalue weighted by molar-refractivity contribution is 6.31. The summed E-state index contributed by atoms with van der Waals surface area (Å²) in [5, 5.41) is 22.6. The first-order valence-electron chi connectivity index (χ1n) is 5.77. The second kappa shape index (κ2) is 5.14. The van der Waals surface area contributed by atoms with Gasteiger partial charge in [0.05, 0.1) is 23.0 Å². The zero-order valence-corrected chi connectivity index (χ0v) is 11.3.